The van der Waals surface area contributed by atoms with Gasteiger partial charge in [-0.05, 0) is 6.42 Å². The molecule has 0 aliphatic rings. The summed E-state index contributed by atoms with van der Waals surface area (Å²) in [5, 5.41) is 0. The van der Waals surface area contributed by atoms with Crippen molar-refractivity contribution >= 4 is 5.91 Å². The maximum Gasteiger partial charge on any atom is 0.326 e. The van der Waals surface area contributed by atoms with Crippen molar-refractivity contribution in [3.63, 3.8) is 0 Å². The molecule has 0 bridgehead atoms. The minimum atomic E-state index is -0.610. The van der Waals surface area contributed by atoms with E-state index < -0.39 is 12.6 Å². The number of rotatable bonds is 5. The van der Waals surface area contributed by atoms with Crippen LogP contribution in [0.5, 0.6) is 0 Å². The second kappa shape index (κ2) is 4.77. The summed E-state index contributed by atoms with van der Waals surface area (Å²) in [6, 6.07) is 0. The van der Waals surface area contributed by atoms with Gasteiger partial charge in [0, 0.05) is 11.4 Å². The van der Waals surface area contributed by atoms with E-state index in [2.05, 4.69) is 4.98 Å². The van der Waals surface area contributed by atoms with E-state index in [0.717, 1.165) is 0 Å². The number of alkyl halides is 1. The van der Waals surface area contributed by atoms with Crippen LogP contribution in [-0.4, -0.2) is 22.1 Å². The number of nitrogens with one attached hydrogen (secondary N) is 1. The fraction of sp³-hybridized carbons (Fsp3) is 0.556. The zero-order chi connectivity index (χ0) is 11.4. The highest BCUT2D eigenvalue weighted by Crippen LogP contribution is 2.06. The van der Waals surface area contributed by atoms with Gasteiger partial charge >= 0.3 is 5.69 Å². The van der Waals surface area contributed by atoms with Gasteiger partial charge < -0.3 is 10.7 Å². The molecule has 15 heavy (non-hydrogen) atoms. The number of aromatic amines is 1. The van der Waals surface area contributed by atoms with Crippen LogP contribution in [-0.2, 0) is 24.2 Å². The van der Waals surface area contributed by atoms with Crippen molar-refractivity contribution in [2.75, 3.05) is 6.67 Å². The molecule has 5 nitrogen and oxygen atoms in total. The van der Waals surface area contributed by atoms with Crippen LogP contribution >= 0.6 is 0 Å². The van der Waals surface area contributed by atoms with Gasteiger partial charge in [-0.3, -0.25) is 9.36 Å². The molecule has 1 rings (SSSR count). The van der Waals surface area contributed by atoms with Gasteiger partial charge in [0.25, 0.3) is 0 Å². The molecule has 1 heterocycles. The monoisotopic (exact) mass is 215 g/mol. The Labute approximate surface area is 86.1 Å². The minimum Gasteiger partial charge on any atom is -0.369 e. The predicted molar refractivity (Wildman–Crippen MR) is 53.3 cm³/mol. The molecule has 0 aromatic carbocycles. The normalized spacial score (nSPS) is 10.5. The van der Waals surface area contributed by atoms with E-state index in [0.29, 0.717) is 17.8 Å². The number of aromatic nitrogens is 2. The molecule has 0 fully saturated rings. The summed E-state index contributed by atoms with van der Waals surface area (Å²) < 4.78 is 13.5. The maximum absolute atomic E-state index is 12.2. The van der Waals surface area contributed by atoms with Crippen molar-refractivity contribution in [2.45, 2.75) is 26.3 Å². The molecule has 0 aliphatic carbocycles. The maximum atomic E-state index is 12.2. The number of imidazole rings is 1. The summed E-state index contributed by atoms with van der Waals surface area (Å²) >= 11 is 0. The Bertz CT molecular complexity index is 408. The van der Waals surface area contributed by atoms with E-state index in [9.17, 15) is 14.0 Å². The highest BCUT2D eigenvalue weighted by atomic mass is 19.1. The van der Waals surface area contributed by atoms with Gasteiger partial charge in [0.15, 0.2) is 0 Å². The number of hydrogen-bond donors (Lipinski definition) is 2. The molecule has 0 saturated carbocycles. The Kier molecular flexibility index (Phi) is 3.65. The van der Waals surface area contributed by atoms with Crippen molar-refractivity contribution in [2.24, 2.45) is 5.73 Å². The van der Waals surface area contributed by atoms with Gasteiger partial charge in [0.1, 0.15) is 6.67 Å². The smallest absolute Gasteiger partial charge is 0.326 e. The summed E-state index contributed by atoms with van der Waals surface area (Å²) in [7, 11) is 0. The summed E-state index contributed by atoms with van der Waals surface area (Å²) in [4.78, 5) is 24.6. The van der Waals surface area contributed by atoms with E-state index in [1.54, 1.807) is 0 Å². The first-order valence-corrected chi connectivity index (χ1v) is 4.75. The molecule has 0 aliphatic heterocycles. The SMILES string of the molecule is CCc1c(CC(N)=O)[nH]c(=O)n1CCF. The first-order chi connectivity index (χ1) is 7.10. The molecule has 0 atom stereocenters. The number of halogens is 1. The first kappa shape index (κ1) is 11.5. The van der Waals surface area contributed by atoms with Gasteiger partial charge in [0.05, 0.1) is 13.0 Å². The Hall–Kier alpha value is -1.59. The molecule has 0 unspecified atom stereocenters. The first-order valence-electron chi connectivity index (χ1n) is 4.75. The van der Waals surface area contributed by atoms with Gasteiger partial charge in [-0.1, -0.05) is 6.92 Å². The van der Waals surface area contributed by atoms with E-state index in [1.165, 1.54) is 4.57 Å². The third kappa shape index (κ3) is 2.45. The van der Waals surface area contributed by atoms with Gasteiger partial charge in [-0.25, -0.2) is 9.18 Å². The van der Waals surface area contributed by atoms with Crippen LogP contribution < -0.4 is 11.4 Å². The lowest BCUT2D eigenvalue weighted by molar-refractivity contribution is -0.117. The molecular weight excluding hydrogens is 201 g/mol. The number of amides is 1. The molecule has 3 N–H and O–H groups in total. The lowest BCUT2D eigenvalue weighted by atomic mass is 10.2. The van der Waals surface area contributed by atoms with Gasteiger partial charge in [-0.2, -0.15) is 0 Å². The second-order valence-corrected chi connectivity index (χ2v) is 3.19. The molecule has 84 valence electrons. The van der Waals surface area contributed by atoms with E-state index >= 15 is 0 Å². The molecule has 6 heteroatoms. The number of carbonyl (C=O) groups is 1. The number of nitrogens with two attached hydrogens (primary N) is 1. The third-order valence-corrected chi connectivity index (χ3v) is 2.17. The topological polar surface area (TPSA) is 80.9 Å². The number of nitrogens with zero attached hydrogens (tertiary/aromatic N) is 1. The van der Waals surface area contributed by atoms with E-state index in [1.807, 2.05) is 6.92 Å². The standard InChI is InChI=1S/C9H14FN3O2/c1-2-7-6(5-8(11)14)12-9(15)13(7)4-3-10/h2-5H2,1H3,(H2,11,14)(H,12,15). The average molecular weight is 215 g/mol. The highest BCUT2D eigenvalue weighted by Gasteiger charge is 2.13. The number of hydrogen-bond acceptors (Lipinski definition) is 2. The molecule has 1 aromatic heterocycles. The fourth-order valence-corrected chi connectivity index (χ4v) is 1.60. The molecule has 0 radical (unpaired) electrons. The molecular formula is C9H14FN3O2. The van der Waals surface area contributed by atoms with Crippen LogP contribution in [0.15, 0.2) is 4.79 Å². The number of carbonyl (C=O) groups excluding carboxylic acids is 1. The molecule has 1 aromatic rings. The Morgan fingerprint density at radius 2 is 2.27 bits per heavy atom. The van der Waals surface area contributed by atoms with Crippen LogP contribution in [0.2, 0.25) is 0 Å². The lowest BCUT2D eigenvalue weighted by Gasteiger charge is -2.03. The lowest BCUT2D eigenvalue weighted by Crippen LogP contribution is -2.19. The average Bonchev–Trinajstić information content (AvgIpc) is 2.42. The predicted octanol–water partition coefficient (Wildman–Crippen LogP) is -0.264. The van der Waals surface area contributed by atoms with Crippen LogP contribution in [0.4, 0.5) is 4.39 Å². The molecule has 1 amide bonds. The highest BCUT2D eigenvalue weighted by molar-refractivity contribution is 5.76. The van der Waals surface area contributed by atoms with Crippen molar-refractivity contribution in [3.8, 4) is 0 Å². The minimum absolute atomic E-state index is 0.0112. The van der Waals surface area contributed by atoms with Crippen LogP contribution in [0.1, 0.15) is 18.3 Å². The van der Waals surface area contributed by atoms with Crippen LogP contribution in [0, 0.1) is 0 Å². The molecule has 0 saturated heterocycles. The van der Waals surface area contributed by atoms with Crippen LogP contribution in [0.3, 0.4) is 0 Å². The Morgan fingerprint density at radius 3 is 2.73 bits per heavy atom. The Morgan fingerprint density at radius 1 is 1.60 bits per heavy atom. The fourth-order valence-electron chi connectivity index (χ4n) is 1.60. The number of primary amides is 1. The number of H-pyrrole nitrogens is 1. The van der Waals surface area contributed by atoms with Crippen molar-refractivity contribution in [1.82, 2.24) is 9.55 Å². The van der Waals surface area contributed by atoms with Crippen LogP contribution in [0.25, 0.3) is 0 Å². The van der Waals surface area contributed by atoms with Crippen molar-refractivity contribution < 1.29 is 9.18 Å². The van der Waals surface area contributed by atoms with Crippen molar-refractivity contribution in [1.29, 1.82) is 0 Å². The summed E-state index contributed by atoms with van der Waals surface area (Å²) in [6.07, 6.45) is 0.541. The van der Waals surface area contributed by atoms with Gasteiger partial charge in [-0.15, -0.1) is 0 Å². The second-order valence-electron chi connectivity index (χ2n) is 3.19. The van der Waals surface area contributed by atoms with E-state index in [-0.39, 0.29) is 18.7 Å². The van der Waals surface area contributed by atoms with E-state index in [4.69, 9.17) is 5.73 Å². The molecule has 0 spiro atoms. The third-order valence-electron chi connectivity index (χ3n) is 2.17. The van der Waals surface area contributed by atoms with Crippen molar-refractivity contribution in [3.05, 3.63) is 21.9 Å². The quantitative estimate of drug-likeness (QED) is 0.709. The van der Waals surface area contributed by atoms with Gasteiger partial charge in [0.2, 0.25) is 5.91 Å². The summed E-state index contributed by atoms with van der Waals surface area (Å²) in [5.41, 5.74) is 5.79. The summed E-state index contributed by atoms with van der Waals surface area (Å²) in [5.74, 6) is -0.515. The largest absolute Gasteiger partial charge is 0.369 e. The Balaban J connectivity index is 3.12. The zero-order valence-electron chi connectivity index (χ0n) is 8.55. The zero-order valence-corrected chi connectivity index (χ0v) is 8.55. The summed E-state index contributed by atoms with van der Waals surface area (Å²) in [6.45, 7) is 1.24.